The van der Waals surface area contributed by atoms with Gasteiger partial charge in [-0.1, -0.05) is 31.5 Å². The van der Waals surface area contributed by atoms with Crippen LogP contribution in [0.2, 0.25) is 0 Å². The van der Waals surface area contributed by atoms with Gasteiger partial charge in [-0.3, -0.25) is 9.59 Å². The number of carbonyl (C=O) groups is 3. The Morgan fingerprint density at radius 2 is 1.72 bits per heavy atom. The summed E-state index contributed by atoms with van der Waals surface area (Å²) in [4.78, 5) is 44.7. The van der Waals surface area contributed by atoms with Gasteiger partial charge < -0.3 is 30.1 Å². The van der Waals surface area contributed by atoms with Crippen molar-refractivity contribution in [1.29, 1.82) is 0 Å². The number of amides is 4. The number of para-hydroxylation sites is 1. The number of nitrogens with one attached hydrogen (secondary N) is 2. The van der Waals surface area contributed by atoms with Gasteiger partial charge in [-0.15, -0.1) is 0 Å². The molecule has 2 fully saturated rings. The summed E-state index contributed by atoms with van der Waals surface area (Å²) < 4.78 is 5.16. The van der Waals surface area contributed by atoms with Gasteiger partial charge in [0.25, 0.3) is 5.91 Å². The summed E-state index contributed by atoms with van der Waals surface area (Å²) in [5.74, 6) is 0.377. The first-order chi connectivity index (χ1) is 17.5. The van der Waals surface area contributed by atoms with Crippen molar-refractivity contribution in [2.45, 2.75) is 38.1 Å². The molecule has 4 rings (SSSR count). The highest BCUT2D eigenvalue weighted by Gasteiger charge is 2.54. The molecule has 9 heteroatoms. The van der Waals surface area contributed by atoms with Crippen LogP contribution in [0.3, 0.4) is 0 Å². The van der Waals surface area contributed by atoms with Gasteiger partial charge in [0.05, 0.1) is 13.8 Å². The van der Waals surface area contributed by atoms with Crippen LogP contribution in [0.4, 0.5) is 16.2 Å². The molecule has 2 aromatic rings. The molecule has 0 aromatic heterocycles. The van der Waals surface area contributed by atoms with Crippen LogP contribution in [0.1, 0.15) is 32.6 Å². The van der Waals surface area contributed by atoms with Gasteiger partial charge in [-0.2, -0.15) is 0 Å². The second-order valence-corrected chi connectivity index (χ2v) is 9.29. The molecule has 2 aliphatic rings. The summed E-state index contributed by atoms with van der Waals surface area (Å²) in [6.45, 7) is 3.99. The number of carbonyl (C=O) groups excluding carboxylic acids is 3. The molecular formula is C27H35N5O4. The molecule has 192 valence electrons. The third-order valence-corrected chi connectivity index (χ3v) is 6.97. The second-order valence-electron chi connectivity index (χ2n) is 9.29. The fourth-order valence-electron chi connectivity index (χ4n) is 4.93. The van der Waals surface area contributed by atoms with Crippen molar-refractivity contribution in [3.05, 3.63) is 54.6 Å². The number of ether oxygens (including phenoxy) is 1. The number of likely N-dealkylation sites (tertiary alicyclic amines) is 1. The highest BCUT2D eigenvalue weighted by molar-refractivity contribution is 5.99. The van der Waals surface area contributed by atoms with E-state index in [9.17, 15) is 14.4 Å². The minimum absolute atomic E-state index is 0.0445. The highest BCUT2D eigenvalue weighted by Crippen LogP contribution is 2.39. The minimum Gasteiger partial charge on any atom is -0.497 e. The van der Waals surface area contributed by atoms with Crippen LogP contribution in [0.15, 0.2) is 54.6 Å². The van der Waals surface area contributed by atoms with Gasteiger partial charge >= 0.3 is 6.03 Å². The van der Waals surface area contributed by atoms with Crippen molar-refractivity contribution in [2.24, 2.45) is 0 Å². The standard InChI is InChI=1S/C27H35N5O4/c1-3-4-16-28-26(35)30-17-14-27(15-18-30)25(34)31(20-32(27)22-8-6-5-7-9-22)19-24(33)29-21-10-12-23(36-2)13-11-21/h5-13H,3-4,14-20H2,1-2H3,(H,28,35)(H,29,33). The van der Waals surface area contributed by atoms with E-state index >= 15 is 0 Å². The molecule has 0 aliphatic carbocycles. The van der Waals surface area contributed by atoms with Crippen LogP contribution in [-0.2, 0) is 9.59 Å². The summed E-state index contributed by atoms with van der Waals surface area (Å²) in [6.07, 6.45) is 2.99. The Morgan fingerprint density at radius 3 is 2.36 bits per heavy atom. The smallest absolute Gasteiger partial charge is 0.317 e. The topological polar surface area (TPSA) is 94.2 Å². The van der Waals surface area contributed by atoms with Crippen molar-refractivity contribution in [2.75, 3.05) is 50.2 Å². The van der Waals surface area contributed by atoms with Crippen LogP contribution in [0, 0.1) is 0 Å². The Morgan fingerprint density at radius 1 is 1.03 bits per heavy atom. The molecule has 4 amide bonds. The molecule has 0 bridgehead atoms. The number of piperidine rings is 1. The first kappa shape index (κ1) is 25.3. The molecule has 0 unspecified atom stereocenters. The zero-order chi connectivity index (χ0) is 25.5. The van der Waals surface area contributed by atoms with Gasteiger partial charge in [-0.05, 0) is 55.7 Å². The number of benzene rings is 2. The Labute approximate surface area is 212 Å². The van der Waals surface area contributed by atoms with Crippen molar-refractivity contribution in [1.82, 2.24) is 15.1 Å². The molecule has 0 saturated carbocycles. The van der Waals surface area contributed by atoms with Gasteiger partial charge in [0.1, 0.15) is 17.8 Å². The lowest BCUT2D eigenvalue weighted by atomic mass is 9.85. The van der Waals surface area contributed by atoms with E-state index in [1.807, 2.05) is 30.3 Å². The van der Waals surface area contributed by atoms with Crippen molar-refractivity contribution in [3.63, 3.8) is 0 Å². The monoisotopic (exact) mass is 493 g/mol. The van der Waals surface area contributed by atoms with Crippen LogP contribution in [0.25, 0.3) is 0 Å². The number of urea groups is 1. The molecule has 1 spiro atoms. The molecule has 2 N–H and O–H groups in total. The first-order valence-corrected chi connectivity index (χ1v) is 12.6. The van der Waals surface area contributed by atoms with Crippen molar-refractivity contribution in [3.8, 4) is 5.75 Å². The van der Waals surface area contributed by atoms with Crippen LogP contribution >= 0.6 is 0 Å². The largest absolute Gasteiger partial charge is 0.497 e. The lowest BCUT2D eigenvalue weighted by Crippen LogP contribution is -2.58. The van der Waals surface area contributed by atoms with Crippen LogP contribution in [-0.4, -0.2) is 73.1 Å². The number of hydrogen-bond donors (Lipinski definition) is 2. The van der Waals surface area contributed by atoms with E-state index in [4.69, 9.17) is 4.74 Å². The van der Waals surface area contributed by atoms with E-state index < -0.39 is 5.54 Å². The molecule has 0 atom stereocenters. The van der Waals surface area contributed by atoms with E-state index in [1.54, 1.807) is 41.2 Å². The molecule has 9 nitrogen and oxygen atoms in total. The zero-order valence-electron chi connectivity index (χ0n) is 21.0. The number of anilines is 2. The van der Waals surface area contributed by atoms with Gasteiger partial charge in [0.2, 0.25) is 5.91 Å². The van der Waals surface area contributed by atoms with Gasteiger partial charge in [-0.25, -0.2) is 4.79 Å². The van der Waals surface area contributed by atoms with Crippen LogP contribution < -0.4 is 20.3 Å². The quantitative estimate of drug-likeness (QED) is 0.551. The maximum Gasteiger partial charge on any atom is 0.317 e. The summed E-state index contributed by atoms with van der Waals surface area (Å²) in [7, 11) is 1.59. The third kappa shape index (κ3) is 5.40. The molecular weight excluding hydrogens is 458 g/mol. The minimum atomic E-state index is -0.776. The number of methoxy groups -OCH3 is 1. The maximum atomic E-state index is 13.8. The van der Waals surface area contributed by atoms with E-state index in [1.165, 1.54) is 0 Å². The Balaban J connectivity index is 1.46. The number of unbranched alkanes of at least 4 members (excludes halogenated alkanes) is 1. The normalized spacial score (nSPS) is 16.8. The lowest BCUT2D eigenvalue weighted by molar-refractivity contribution is -0.136. The zero-order valence-corrected chi connectivity index (χ0v) is 21.0. The van der Waals surface area contributed by atoms with E-state index in [-0.39, 0.29) is 24.4 Å². The Hall–Kier alpha value is -3.75. The molecule has 2 heterocycles. The maximum absolute atomic E-state index is 13.8. The summed E-state index contributed by atoms with van der Waals surface area (Å²) in [6, 6.07) is 16.8. The summed E-state index contributed by atoms with van der Waals surface area (Å²) in [5, 5.41) is 5.83. The third-order valence-electron chi connectivity index (χ3n) is 6.97. The number of nitrogens with zero attached hydrogens (tertiary/aromatic N) is 3. The average molecular weight is 494 g/mol. The summed E-state index contributed by atoms with van der Waals surface area (Å²) >= 11 is 0. The van der Waals surface area contributed by atoms with E-state index in [2.05, 4.69) is 22.5 Å². The Bertz CT molecular complexity index is 1050. The summed E-state index contributed by atoms with van der Waals surface area (Å²) in [5.41, 5.74) is 0.802. The second kappa shape index (κ2) is 11.3. The molecule has 2 saturated heterocycles. The molecule has 2 aromatic carbocycles. The first-order valence-electron chi connectivity index (χ1n) is 12.6. The van der Waals surface area contributed by atoms with Gasteiger partial charge in [0.15, 0.2) is 0 Å². The molecule has 36 heavy (non-hydrogen) atoms. The Kier molecular flexibility index (Phi) is 7.97. The van der Waals surface area contributed by atoms with E-state index in [0.717, 1.165) is 18.5 Å². The SMILES string of the molecule is CCCCNC(=O)N1CCC2(CC1)C(=O)N(CC(=O)Nc1ccc(OC)cc1)CN2c1ccccc1. The average Bonchev–Trinajstić information content (AvgIpc) is 3.16. The fourth-order valence-corrected chi connectivity index (χ4v) is 4.93. The van der Waals surface area contributed by atoms with Gasteiger partial charge in [0, 0.05) is 31.0 Å². The molecule has 0 radical (unpaired) electrons. The van der Waals surface area contributed by atoms with Crippen molar-refractivity contribution >= 4 is 29.2 Å². The highest BCUT2D eigenvalue weighted by atomic mass is 16.5. The number of hydrogen-bond acceptors (Lipinski definition) is 5. The number of rotatable bonds is 8. The lowest BCUT2D eigenvalue weighted by Gasteiger charge is -2.43. The predicted octanol–water partition coefficient (Wildman–Crippen LogP) is 3.28. The van der Waals surface area contributed by atoms with Crippen molar-refractivity contribution < 1.29 is 19.1 Å². The van der Waals surface area contributed by atoms with Crippen LogP contribution in [0.5, 0.6) is 5.75 Å². The fraction of sp³-hybridized carbons (Fsp3) is 0.444. The van der Waals surface area contributed by atoms with E-state index in [0.29, 0.717) is 50.6 Å². The predicted molar refractivity (Wildman–Crippen MR) is 139 cm³/mol. The molecule has 2 aliphatic heterocycles.